The highest BCUT2D eigenvalue weighted by atomic mass is 16.6. The first kappa shape index (κ1) is 86.0. The van der Waals surface area contributed by atoms with Gasteiger partial charge in [-0.2, -0.15) is 0 Å². The molecule has 0 radical (unpaired) electrons. The summed E-state index contributed by atoms with van der Waals surface area (Å²) in [4.78, 5) is 136. The van der Waals surface area contributed by atoms with Crippen molar-refractivity contribution in [3.05, 3.63) is 82.2 Å². The lowest BCUT2D eigenvalue weighted by Gasteiger charge is -2.22. The van der Waals surface area contributed by atoms with Gasteiger partial charge in [0, 0.05) is 38.1 Å². The number of esters is 6. The maximum atomic E-state index is 12.4. The third kappa shape index (κ3) is 20.2. The smallest absolute Gasteiger partial charge is 0.323 e. The number of H-pyrrole nitrogens is 2. The first-order chi connectivity index (χ1) is 53.0. The lowest BCUT2D eigenvalue weighted by molar-refractivity contribution is -0.162. The number of aliphatic hydroxyl groups is 2. The van der Waals surface area contributed by atoms with Gasteiger partial charge in [-0.05, 0) is 49.7 Å². The minimum atomic E-state index is -0.783. The molecule has 0 saturated carbocycles. The van der Waals surface area contributed by atoms with Gasteiger partial charge in [0.2, 0.25) is 0 Å². The van der Waals surface area contributed by atoms with Crippen LogP contribution >= 0.6 is 0 Å². The predicted molar refractivity (Wildman–Crippen MR) is 400 cm³/mol. The Labute approximate surface area is 642 Å². The van der Waals surface area contributed by atoms with E-state index in [0.29, 0.717) is 75.9 Å². The second kappa shape index (κ2) is 37.5. The molecule has 12 rings (SSSR count). The third-order valence-electron chi connectivity index (χ3n) is 19.2. The maximum absolute atomic E-state index is 12.4. The summed E-state index contributed by atoms with van der Waals surface area (Å²) in [6.07, 6.45) is 3.11. The van der Waals surface area contributed by atoms with Crippen LogP contribution in [0.15, 0.2) is 59.4 Å². The summed E-state index contributed by atoms with van der Waals surface area (Å²) in [6.45, 7) is 24.2. The SMILES string of the molecule is CC(C)C(=O)OC[C@H]1O[C@@H](n2cnc3c(N)ccnc32)CC1OC(=O)[C@@H](N)C(C)C.CC(C)[C@H](N)C(=O)OC1C[C@H](n2cnc3c(N)ccnc32)O[C@@H]1CO.Cc1nc2c(ncn2[C@H]2CC(OC(=O)[C@@H](N)C(C)C)[C@@H](CO)O2)c(=O)[nH]1.Cc1nc2c(ncn2[C@H]2CC(OC(=O)[C@@H](N)C(C)C)[C@@H](COC(=O)C(C)C)O2)c(=O)[nH]1. The van der Waals surface area contributed by atoms with Crippen LogP contribution < -0.4 is 45.5 Å². The van der Waals surface area contributed by atoms with Crippen molar-refractivity contribution >= 4 is 91.8 Å². The number of carbonyl (C=O) groups excluding carboxylic acids is 6. The Balaban J connectivity index is 0.000000172. The molecule has 4 saturated heterocycles. The summed E-state index contributed by atoms with van der Waals surface area (Å²) >= 11 is 0. The molecule has 0 spiro atoms. The molecule has 8 aromatic heterocycles. The summed E-state index contributed by atoms with van der Waals surface area (Å²) in [6, 6.07) is 0.345. The number of hydrogen-bond acceptors (Lipinski definition) is 34. The van der Waals surface area contributed by atoms with Crippen LogP contribution in [0, 0.1) is 49.4 Å². The Morgan fingerprint density at radius 1 is 0.429 bits per heavy atom. The Kier molecular flexibility index (Phi) is 28.8. The lowest BCUT2D eigenvalue weighted by atomic mass is 10.1. The second-order valence-electron chi connectivity index (χ2n) is 29.8. The van der Waals surface area contributed by atoms with Crippen LogP contribution in [0.3, 0.4) is 0 Å². The number of aromatic amines is 2. The molecular formula is C72H104N20O20. The molecule has 40 heteroatoms. The number of imidazole rings is 4. The van der Waals surface area contributed by atoms with Crippen molar-refractivity contribution in [3.8, 4) is 0 Å². The van der Waals surface area contributed by atoms with E-state index in [1.807, 2.05) is 55.4 Å². The number of nitrogens with one attached hydrogen (secondary N) is 2. The van der Waals surface area contributed by atoms with Crippen molar-refractivity contribution in [2.24, 2.45) is 58.4 Å². The molecule has 0 aliphatic carbocycles. The summed E-state index contributed by atoms with van der Waals surface area (Å²) in [5, 5.41) is 19.1. The van der Waals surface area contributed by atoms with Gasteiger partial charge in [-0.1, -0.05) is 83.1 Å². The molecule has 4 fully saturated rings. The molecule has 0 amide bonds. The molecule has 4 unspecified atom stereocenters. The molecule has 0 aromatic carbocycles. The quantitative estimate of drug-likeness (QED) is 0.0305. The number of pyridine rings is 2. The van der Waals surface area contributed by atoms with E-state index in [0.717, 1.165) is 0 Å². The van der Waals surface area contributed by atoms with Crippen LogP contribution in [0.25, 0.3) is 44.7 Å². The van der Waals surface area contributed by atoms with Crippen molar-refractivity contribution in [2.75, 3.05) is 37.9 Å². The molecule has 0 bridgehead atoms. The van der Waals surface area contributed by atoms with E-state index in [9.17, 15) is 48.6 Å². The number of nitrogen functional groups attached to an aromatic ring is 2. The van der Waals surface area contributed by atoms with Crippen LogP contribution in [0.2, 0.25) is 0 Å². The molecule has 8 aromatic rings. The predicted octanol–water partition coefficient (Wildman–Crippen LogP) is 2.00. The normalized spacial score (nSPS) is 23.4. The Morgan fingerprint density at radius 2 is 0.696 bits per heavy atom. The molecule has 12 heterocycles. The number of aromatic nitrogens is 14. The minimum absolute atomic E-state index is 0.0371. The first-order valence-corrected chi connectivity index (χ1v) is 37.0. The van der Waals surface area contributed by atoms with E-state index in [-0.39, 0.29) is 102 Å². The number of aryl methyl sites for hydroxylation is 2. The van der Waals surface area contributed by atoms with Crippen molar-refractivity contribution in [3.63, 3.8) is 0 Å². The summed E-state index contributed by atoms with van der Waals surface area (Å²) in [7, 11) is 0. The summed E-state index contributed by atoms with van der Waals surface area (Å²) < 4.78 is 63.3. The summed E-state index contributed by atoms with van der Waals surface area (Å²) in [5.41, 5.74) is 39.1. The van der Waals surface area contributed by atoms with Crippen LogP contribution in [-0.2, 0) is 76.1 Å². The topological polar surface area (TPSA) is 580 Å². The third-order valence-corrected chi connectivity index (χ3v) is 19.2. The molecule has 612 valence electrons. The van der Waals surface area contributed by atoms with E-state index in [2.05, 4.69) is 49.8 Å². The van der Waals surface area contributed by atoms with E-state index in [4.69, 9.17) is 81.8 Å². The van der Waals surface area contributed by atoms with Crippen molar-refractivity contribution in [1.82, 2.24) is 68.1 Å². The minimum Gasteiger partial charge on any atom is -0.463 e. The molecule has 112 heavy (non-hydrogen) atoms. The van der Waals surface area contributed by atoms with Gasteiger partial charge in [0.05, 0.1) is 61.7 Å². The molecule has 40 nitrogen and oxygen atoms in total. The van der Waals surface area contributed by atoms with Gasteiger partial charge in [-0.25, -0.2) is 39.9 Å². The first-order valence-electron chi connectivity index (χ1n) is 37.0. The van der Waals surface area contributed by atoms with E-state index >= 15 is 0 Å². The van der Waals surface area contributed by atoms with Gasteiger partial charge in [0.25, 0.3) is 11.1 Å². The highest BCUT2D eigenvalue weighted by Crippen LogP contribution is 2.38. The van der Waals surface area contributed by atoms with Gasteiger partial charge < -0.3 is 102 Å². The highest BCUT2D eigenvalue weighted by Gasteiger charge is 2.46. The fraction of sp³-hybridized carbons (Fsp3) is 0.611. The number of fused-ring (bicyclic) bond motifs is 4. The molecule has 4 aliphatic heterocycles. The van der Waals surface area contributed by atoms with Crippen LogP contribution in [-0.4, -0.2) is 214 Å². The summed E-state index contributed by atoms with van der Waals surface area (Å²) in [5.74, 6) is -2.80. The molecule has 16 N–H and O–H groups in total. The lowest BCUT2D eigenvalue weighted by Crippen LogP contribution is -2.41. The van der Waals surface area contributed by atoms with E-state index in [1.54, 1.807) is 97.0 Å². The van der Waals surface area contributed by atoms with Gasteiger partial charge in [0.1, 0.15) is 134 Å². The monoisotopic (exact) mass is 1570 g/mol. The van der Waals surface area contributed by atoms with Crippen LogP contribution in [0.4, 0.5) is 11.4 Å². The zero-order valence-electron chi connectivity index (χ0n) is 65.1. The number of hydrogen-bond donors (Lipinski definition) is 10. The zero-order valence-corrected chi connectivity index (χ0v) is 65.1. The average Bonchev–Trinajstić information content (AvgIpc) is 1.73. The standard InChI is InChI=1S/C20H29N5O6.C20H29N5O5.C16H23N5O5.C16H23N5O4/c1-9(2)15(21)20(28)31-12-6-14(30-13(12)7-29-19(27)10(3)4)25-8-22-16-17(25)23-11(5)24-18(16)26;1-10(2)16(22)20(27)30-13-7-15(29-14(13)8-28-19(26)11(3)4)25-9-24-17-12(21)5-6-23-18(17)25;1-7(2)12(17)16(24)26-9-4-11(25-10(9)5-22)21-6-18-13-14(21)19-8(3)20-15(13)23;1-8(2)13(18)16(23)25-10-5-12(24-11(10)6-22)21-7-20-14-9(17)3-4-19-15(14)21/h8-10,12-15H,6-7,21H2,1-5H3,(H,23,24,26);5-6,9-11,13-16H,7-8,22H2,1-4H3,(H2,21,23);6-7,9-12,22H,4-5,17H2,1-3H3,(H,19,20,23);3-4,7-8,10-13,22H,5-6,18H2,1-2H3,(H2,17,19)/t12?,13-,14-,15+;13?,14-,15-,16+;9?,10-,11-,12+;10?,11-,12-,13+/m1111/s1. The fourth-order valence-electron chi connectivity index (χ4n) is 12.1. The number of rotatable bonds is 24. The largest absolute Gasteiger partial charge is 0.463 e. The van der Waals surface area contributed by atoms with E-state index < -0.39 is 122 Å². The average molecular weight is 1570 g/mol. The van der Waals surface area contributed by atoms with Crippen molar-refractivity contribution in [2.45, 2.75) is 221 Å². The second-order valence-corrected chi connectivity index (χ2v) is 29.8. The van der Waals surface area contributed by atoms with Crippen molar-refractivity contribution < 1.29 is 86.3 Å². The number of carbonyl (C=O) groups is 6. The fourth-order valence-corrected chi connectivity index (χ4v) is 12.1. The van der Waals surface area contributed by atoms with Gasteiger partial charge in [-0.3, -0.25) is 56.6 Å². The molecule has 4 aliphatic rings. The van der Waals surface area contributed by atoms with Crippen LogP contribution in [0.5, 0.6) is 0 Å². The Hall–Kier alpha value is -10.0. The number of aliphatic hydroxyl groups excluding tert-OH is 2. The van der Waals surface area contributed by atoms with E-state index in [1.165, 1.54) is 12.7 Å². The number of ether oxygens (including phenoxy) is 10. The number of nitrogens with zero attached hydrogens (tertiary/aromatic N) is 12. The Morgan fingerprint density at radius 3 is 0.973 bits per heavy atom. The Bertz CT molecular complexity index is 4700. The zero-order chi connectivity index (χ0) is 82.0. The number of nitrogens with two attached hydrogens (primary N) is 6. The highest BCUT2D eigenvalue weighted by molar-refractivity contribution is 5.85. The van der Waals surface area contributed by atoms with Gasteiger partial charge >= 0.3 is 35.8 Å². The molecular weight excluding hydrogens is 1460 g/mol. The number of anilines is 2. The van der Waals surface area contributed by atoms with Gasteiger partial charge in [-0.15, -0.1) is 0 Å². The maximum Gasteiger partial charge on any atom is 0.323 e. The van der Waals surface area contributed by atoms with Gasteiger partial charge in [0.15, 0.2) is 33.6 Å². The van der Waals surface area contributed by atoms with Crippen molar-refractivity contribution in [1.29, 1.82) is 0 Å². The molecule has 16 atom stereocenters. The van der Waals surface area contributed by atoms with Crippen LogP contribution in [0.1, 0.15) is 145 Å².